The summed E-state index contributed by atoms with van der Waals surface area (Å²) in [5, 5.41) is 3.94. The molecule has 0 aliphatic carbocycles. The van der Waals surface area contributed by atoms with Crippen molar-refractivity contribution in [3.8, 4) is 44.7 Å². The smallest absolute Gasteiger partial charge is 0.298 e. The summed E-state index contributed by atoms with van der Waals surface area (Å²) in [5.41, 5.74) is 18.5. The zero-order chi connectivity index (χ0) is 46.4. The van der Waals surface area contributed by atoms with E-state index >= 15 is 0 Å². The molecule has 0 radical (unpaired) electrons. The van der Waals surface area contributed by atoms with Crippen molar-refractivity contribution in [1.29, 1.82) is 0 Å². The second kappa shape index (κ2) is 18.1. The number of thiophene rings is 2. The number of likely N-dealkylation sites (N-methyl/N-ethyl adjacent to an activating group) is 1. The Morgan fingerprint density at radius 1 is 0.773 bits per heavy atom. The number of amides is 2. The number of hydrogen-bond donors (Lipinski definition) is 2. The van der Waals surface area contributed by atoms with Gasteiger partial charge < -0.3 is 44.8 Å². The molecule has 8 heterocycles. The molecule has 2 unspecified atom stereocenters. The SMILES string of the molecule is C#CC(=O)N1CCC(n2cc(-c3cc4cc(C)cc(OC)c4s3)c3c(N)ncnc32)C1.COc1cc(C)cc2cc(-c3cn(C4CCN(C(=O)/C=C/CN(C)C)C4)c4ncnc(N)c34)sc12. The molecule has 0 bridgehead atoms. The minimum Gasteiger partial charge on any atom is -0.495 e. The molecule has 2 saturated heterocycles. The third kappa shape index (κ3) is 8.27. The third-order valence-electron chi connectivity index (χ3n) is 12.3. The van der Waals surface area contributed by atoms with Crippen LogP contribution in [0.2, 0.25) is 0 Å². The zero-order valence-corrected chi connectivity index (χ0v) is 39.4. The first-order chi connectivity index (χ1) is 31.8. The summed E-state index contributed by atoms with van der Waals surface area (Å²) >= 11 is 3.34. The Morgan fingerprint density at radius 3 is 1.73 bits per heavy atom. The summed E-state index contributed by atoms with van der Waals surface area (Å²) in [4.78, 5) is 50.1. The molecule has 2 aliphatic heterocycles. The zero-order valence-electron chi connectivity index (χ0n) is 37.7. The Kier molecular flexibility index (Phi) is 12.1. The predicted molar refractivity (Wildman–Crippen MR) is 265 cm³/mol. The Hall–Kier alpha value is -7.00. The summed E-state index contributed by atoms with van der Waals surface area (Å²) in [6.45, 7) is 7.39. The number of fused-ring (bicyclic) bond motifs is 4. The highest BCUT2D eigenvalue weighted by molar-refractivity contribution is 7.23. The maximum Gasteiger partial charge on any atom is 0.298 e. The number of hydrogen-bond acceptors (Lipinski definition) is 13. The van der Waals surface area contributed by atoms with E-state index in [0.717, 1.165) is 105 Å². The number of aromatic nitrogens is 6. The summed E-state index contributed by atoms with van der Waals surface area (Å²) in [6, 6.07) is 13.0. The van der Waals surface area contributed by atoms with Crippen molar-refractivity contribution in [1.82, 2.24) is 43.8 Å². The molecule has 2 atom stereocenters. The third-order valence-corrected chi connectivity index (χ3v) is 14.7. The van der Waals surface area contributed by atoms with Gasteiger partial charge in [0.25, 0.3) is 5.91 Å². The molecule has 15 nitrogen and oxygen atoms in total. The topological polar surface area (TPSA) is 176 Å². The number of carbonyl (C=O) groups excluding carboxylic acids is 2. The number of terminal acetylenes is 1. The summed E-state index contributed by atoms with van der Waals surface area (Å²) in [6.07, 6.45) is 17.7. The summed E-state index contributed by atoms with van der Waals surface area (Å²) < 4.78 is 17.7. The molecule has 66 heavy (non-hydrogen) atoms. The quantitative estimate of drug-likeness (QED) is 0.107. The average molecular weight is 922 g/mol. The number of aryl methyl sites for hydroxylation is 2. The van der Waals surface area contributed by atoms with Gasteiger partial charge in [-0.2, -0.15) is 0 Å². The standard InChI is InChI=1S/C26H30N6O2S.C23H21N5O2S/c1-16-10-17-12-21(35-24(17)20(11-16)34-4)19-14-32(26-23(19)25(27)28-15-29-26)18-7-9-31(13-18)22(33)6-5-8-30(2)3;1-4-19(29)27-6-5-15(10-27)28-11-16(20-22(24)25-12-26-23(20)28)18-9-14-7-13(2)8-17(30-3)21(14)31-18/h5-6,10-12,14-15,18H,7-9,13H2,1-4H3,(H2,27,28,29);1,7-9,11-12,15H,5-6,10H2,2-3H3,(H2,24,25,26)/b6-5+;. The molecule has 6 aromatic heterocycles. The lowest BCUT2D eigenvalue weighted by molar-refractivity contribution is -0.125. The van der Waals surface area contributed by atoms with Crippen LogP contribution >= 0.6 is 22.7 Å². The molecule has 2 aromatic carbocycles. The van der Waals surface area contributed by atoms with E-state index in [-0.39, 0.29) is 23.9 Å². The number of anilines is 2. The van der Waals surface area contributed by atoms with Gasteiger partial charge in [0.2, 0.25) is 5.91 Å². The van der Waals surface area contributed by atoms with Crippen LogP contribution in [0, 0.1) is 26.2 Å². The van der Waals surface area contributed by atoms with E-state index in [9.17, 15) is 9.59 Å². The number of methoxy groups -OCH3 is 2. The van der Waals surface area contributed by atoms with Crippen LogP contribution in [0.25, 0.3) is 63.1 Å². The van der Waals surface area contributed by atoms with Crippen molar-refractivity contribution >= 4 is 88.4 Å². The van der Waals surface area contributed by atoms with Crippen molar-refractivity contribution in [2.75, 3.05) is 72.5 Å². The second-order valence-electron chi connectivity index (χ2n) is 17.0. The van der Waals surface area contributed by atoms with Crippen molar-refractivity contribution < 1.29 is 19.1 Å². The first kappa shape index (κ1) is 44.2. The summed E-state index contributed by atoms with van der Waals surface area (Å²) in [7, 11) is 7.36. The van der Waals surface area contributed by atoms with E-state index in [0.29, 0.717) is 37.8 Å². The lowest BCUT2D eigenvalue weighted by Gasteiger charge is -2.16. The Labute approximate surface area is 390 Å². The molecule has 338 valence electrons. The van der Waals surface area contributed by atoms with Gasteiger partial charge in [-0.05, 0) is 92.9 Å². The number of benzene rings is 2. The van der Waals surface area contributed by atoms with E-state index in [4.69, 9.17) is 27.4 Å². The first-order valence-corrected chi connectivity index (χ1v) is 23.2. The molecule has 8 aromatic rings. The number of nitrogens with two attached hydrogens (primary N) is 2. The largest absolute Gasteiger partial charge is 0.495 e. The van der Waals surface area contributed by atoms with Gasteiger partial charge in [0.05, 0.1) is 46.5 Å². The van der Waals surface area contributed by atoms with Gasteiger partial charge in [-0.1, -0.05) is 18.2 Å². The predicted octanol–water partition coefficient (Wildman–Crippen LogP) is 7.72. The van der Waals surface area contributed by atoms with Gasteiger partial charge in [-0.3, -0.25) is 9.59 Å². The fraction of sp³-hybridized carbons (Fsp3) is 0.306. The Balaban J connectivity index is 0.000000167. The van der Waals surface area contributed by atoms with Gasteiger partial charge in [0, 0.05) is 72.1 Å². The van der Waals surface area contributed by atoms with Gasteiger partial charge in [0.1, 0.15) is 47.1 Å². The van der Waals surface area contributed by atoms with Crippen LogP contribution in [0.1, 0.15) is 36.1 Å². The lowest BCUT2D eigenvalue weighted by Crippen LogP contribution is -2.27. The minimum absolute atomic E-state index is 0.0483. The highest BCUT2D eigenvalue weighted by Crippen LogP contribution is 2.46. The van der Waals surface area contributed by atoms with E-state index in [1.165, 1.54) is 12.7 Å². The number of ether oxygens (including phenoxy) is 2. The lowest BCUT2D eigenvalue weighted by atomic mass is 10.1. The van der Waals surface area contributed by atoms with Gasteiger partial charge in [-0.15, -0.1) is 29.1 Å². The molecule has 17 heteroatoms. The van der Waals surface area contributed by atoms with Crippen molar-refractivity contribution in [3.63, 3.8) is 0 Å². The molecular formula is C49H51N11O4S2. The molecular weight excluding hydrogens is 871 g/mol. The van der Waals surface area contributed by atoms with Gasteiger partial charge in [-0.25, -0.2) is 19.9 Å². The second-order valence-corrected chi connectivity index (χ2v) is 19.1. The van der Waals surface area contributed by atoms with Crippen LogP contribution in [-0.2, 0) is 9.59 Å². The van der Waals surface area contributed by atoms with Crippen LogP contribution in [0.3, 0.4) is 0 Å². The number of rotatable bonds is 9. The van der Waals surface area contributed by atoms with Crippen LogP contribution in [-0.4, -0.2) is 117 Å². The number of nitrogens with zero attached hydrogens (tertiary/aromatic N) is 9. The van der Waals surface area contributed by atoms with Gasteiger partial charge >= 0.3 is 0 Å². The average Bonchev–Trinajstić information content (AvgIpc) is 4.16. The van der Waals surface area contributed by atoms with Crippen LogP contribution < -0.4 is 20.9 Å². The molecule has 0 spiro atoms. The van der Waals surface area contributed by atoms with E-state index in [2.05, 4.69) is 91.6 Å². The number of carbonyl (C=O) groups is 2. The Bertz CT molecular complexity index is 3250. The number of likely N-dealkylation sites (tertiary alicyclic amines) is 2. The highest BCUT2D eigenvalue weighted by atomic mass is 32.1. The van der Waals surface area contributed by atoms with Crippen molar-refractivity contribution in [2.45, 2.75) is 38.8 Å². The Morgan fingerprint density at radius 2 is 1.26 bits per heavy atom. The van der Waals surface area contributed by atoms with E-state index in [1.54, 1.807) is 47.9 Å². The van der Waals surface area contributed by atoms with E-state index < -0.39 is 0 Å². The number of nitrogen functional groups attached to an aromatic ring is 2. The fourth-order valence-corrected chi connectivity index (χ4v) is 11.4. The maximum atomic E-state index is 12.7. The molecule has 4 N–H and O–H groups in total. The van der Waals surface area contributed by atoms with E-state index in [1.807, 2.05) is 36.0 Å². The van der Waals surface area contributed by atoms with Crippen LogP contribution in [0.5, 0.6) is 11.5 Å². The normalized spacial score (nSPS) is 16.3. The maximum absolute atomic E-state index is 12.7. The molecule has 2 aliphatic rings. The first-order valence-electron chi connectivity index (χ1n) is 21.6. The van der Waals surface area contributed by atoms with Crippen LogP contribution in [0.4, 0.5) is 11.6 Å². The highest BCUT2D eigenvalue weighted by Gasteiger charge is 2.31. The summed E-state index contributed by atoms with van der Waals surface area (Å²) in [5.74, 6) is 4.61. The fourth-order valence-electron chi connectivity index (χ4n) is 9.13. The van der Waals surface area contributed by atoms with Crippen LogP contribution in [0.15, 0.2) is 73.6 Å². The molecule has 2 amide bonds. The molecule has 10 rings (SSSR count). The van der Waals surface area contributed by atoms with Crippen molar-refractivity contribution in [3.05, 3.63) is 84.7 Å². The molecule has 2 fully saturated rings. The minimum atomic E-state index is -0.278. The monoisotopic (exact) mass is 921 g/mol. The molecule has 0 saturated carbocycles. The van der Waals surface area contributed by atoms with Crippen molar-refractivity contribution in [2.24, 2.45) is 0 Å². The van der Waals surface area contributed by atoms with Gasteiger partial charge in [0.15, 0.2) is 0 Å².